The number of carbonyl (C=O) groups excluding carboxylic acids is 2. The van der Waals surface area contributed by atoms with E-state index in [1.165, 1.54) is 0 Å². The normalized spacial score (nSPS) is 21.2. The van der Waals surface area contributed by atoms with E-state index >= 15 is 0 Å². The number of nitrogens with zero attached hydrogens (tertiary/aromatic N) is 1. The molecule has 2 aromatic rings. The van der Waals surface area contributed by atoms with E-state index in [0.29, 0.717) is 23.4 Å². The third kappa shape index (κ3) is 2.86. The van der Waals surface area contributed by atoms with Gasteiger partial charge in [-0.15, -0.1) is 0 Å². The van der Waals surface area contributed by atoms with Crippen LogP contribution in [0.15, 0.2) is 42.5 Å². The van der Waals surface area contributed by atoms with Gasteiger partial charge in [-0.25, -0.2) is 5.43 Å². The number of carbonyl (C=O) groups is 2. The molecule has 2 heterocycles. The Bertz CT molecular complexity index is 882. The van der Waals surface area contributed by atoms with Crippen molar-refractivity contribution in [2.45, 2.75) is 25.6 Å². The number of benzene rings is 2. The smallest absolute Gasteiger partial charge is 0.254 e. The van der Waals surface area contributed by atoms with Crippen molar-refractivity contribution in [1.29, 1.82) is 0 Å². The third-order valence-electron chi connectivity index (χ3n) is 4.67. The molecule has 0 saturated carbocycles. The number of fused-ring (bicyclic) bond motifs is 2. The molecular weight excluding hydrogens is 330 g/mol. The summed E-state index contributed by atoms with van der Waals surface area (Å²) in [5, 5.41) is 11.1. The van der Waals surface area contributed by atoms with Crippen LogP contribution in [0.1, 0.15) is 35.4 Å². The van der Waals surface area contributed by atoms with Crippen molar-refractivity contribution in [3.63, 3.8) is 0 Å². The van der Waals surface area contributed by atoms with E-state index in [1.54, 1.807) is 18.2 Å². The van der Waals surface area contributed by atoms with Crippen LogP contribution in [-0.2, 0) is 4.79 Å². The predicted molar refractivity (Wildman–Crippen MR) is 101 cm³/mol. The van der Waals surface area contributed by atoms with Gasteiger partial charge in [0, 0.05) is 25.1 Å². The van der Waals surface area contributed by atoms with Crippen molar-refractivity contribution in [3.05, 3.63) is 53.6 Å². The molecule has 0 aliphatic carbocycles. The van der Waals surface area contributed by atoms with Crippen LogP contribution < -0.4 is 26.4 Å². The molecule has 2 unspecified atom stereocenters. The molecule has 0 saturated heterocycles. The summed E-state index contributed by atoms with van der Waals surface area (Å²) in [5.41, 5.74) is 7.07. The van der Waals surface area contributed by atoms with Gasteiger partial charge in [0.05, 0.1) is 22.6 Å². The lowest BCUT2D eigenvalue weighted by molar-refractivity contribution is -0.116. The van der Waals surface area contributed by atoms with Crippen LogP contribution in [0, 0.1) is 0 Å². The number of hydrogen-bond acceptors (Lipinski definition) is 5. The van der Waals surface area contributed by atoms with Crippen LogP contribution in [0.2, 0.25) is 0 Å². The van der Waals surface area contributed by atoms with Gasteiger partial charge in [-0.1, -0.05) is 24.3 Å². The molecule has 0 radical (unpaired) electrons. The molecule has 0 spiro atoms. The van der Waals surface area contributed by atoms with Crippen molar-refractivity contribution in [2.75, 3.05) is 22.7 Å². The first-order valence-corrected chi connectivity index (χ1v) is 8.62. The van der Waals surface area contributed by atoms with E-state index in [1.807, 2.05) is 43.2 Å². The standard InChI is InChI=1S/C19H21N5O2/c1-11-10-16(25)21-14-8-5-7-13(17(14)20-11)19(26)22-18-12-6-3-4-9-15(12)24(2)23-18/h3-9,11,18,20,23H,10H2,1-2H3,(H,21,25)(H,22,26). The summed E-state index contributed by atoms with van der Waals surface area (Å²) >= 11 is 0. The first kappa shape index (κ1) is 16.4. The third-order valence-corrected chi connectivity index (χ3v) is 4.67. The number of nitrogens with one attached hydrogen (secondary N) is 4. The lowest BCUT2D eigenvalue weighted by Gasteiger charge is -2.19. The van der Waals surface area contributed by atoms with Gasteiger partial charge in [-0.3, -0.25) is 9.59 Å². The molecule has 2 aromatic carbocycles. The second-order valence-electron chi connectivity index (χ2n) is 6.68. The number of rotatable bonds is 2. The van der Waals surface area contributed by atoms with Crippen LogP contribution in [0.5, 0.6) is 0 Å². The Morgan fingerprint density at radius 3 is 2.85 bits per heavy atom. The first-order chi connectivity index (χ1) is 12.5. The zero-order valence-corrected chi connectivity index (χ0v) is 14.7. The minimum Gasteiger partial charge on any atom is -0.380 e. The van der Waals surface area contributed by atoms with Crippen molar-refractivity contribution in [2.24, 2.45) is 0 Å². The minimum absolute atomic E-state index is 0.0540. The Morgan fingerprint density at radius 1 is 1.19 bits per heavy atom. The summed E-state index contributed by atoms with van der Waals surface area (Å²) in [6.45, 7) is 1.92. The van der Waals surface area contributed by atoms with Gasteiger partial charge in [0.15, 0.2) is 0 Å². The zero-order valence-electron chi connectivity index (χ0n) is 14.7. The number of hydrogen-bond donors (Lipinski definition) is 4. The van der Waals surface area contributed by atoms with Gasteiger partial charge in [0.25, 0.3) is 5.91 Å². The summed E-state index contributed by atoms with van der Waals surface area (Å²) in [6.07, 6.45) is 0.0512. The lowest BCUT2D eigenvalue weighted by Crippen LogP contribution is -2.40. The highest BCUT2D eigenvalue weighted by atomic mass is 16.2. The second-order valence-corrected chi connectivity index (χ2v) is 6.68. The van der Waals surface area contributed by atoms with Gasteiger partial charge in [-0.05, 0) is 25.1 Å². The molecule has 7 heteroatoms. The Kier molecular flexibility index (Phi) is 4.00. The van der Waals surface area contributed by atoms with Gasteiger partial charge in [-0.2, -0.15) is 0 Å². The summed E-state index contributed by atoms with van der Waals surface area (Å²) in [5.74, 6) is -0.269. The maximum absolute atomic E-state index is 13.0. The molecule has 7 nitrogen and oxygen atoms in total. The van der Waals surface area contributed by atoms with Crippen molar-refractivity contribution < 1.29 is 9.59 Å². The summed E-state index contributed by atoms with van der Waals surface area (Å²) < 4.78 is 0. The summed E-state index contributed by atoms with van der Waals surface area (Å²) in [6, 6.07) is 13.2. The van der Waals surface area contributed by atoms with Crippen molar-refractivity contribution in [1.82, 2.24) is 10.7 Å². The maximum Gasteiger partial charge on any atom is 0.254 e. The second kappa shape index (κ2) is 6.34. The number of para-hydroxylation sites is 2. The fourth-order valence-corrected chi connectivity index (χ4v) is 3.47. The molecule has 2 aliphatic rings. The topological polar surface area (TPSA) is 85.5 Å². The van der Waals surface area contributed by atoms with E-state index in [-0.39, 0.29) is 24.0 Å². The Hall–Kier alpha value is -3.06. The number of anilines is 3. The van der Waals surface area contributed by atoms with Crippen molar-refractivity contribution in [3.8, 4) is 0 Å². The minimum atomic E-state index is -0.308. The average molecular weight is 351 g/mol. The molecular formula is C19H21N5O2. The van der Waals surface area contributed by atoms with E-state index in [0.717, 1.165) is 11.3 Å². The maximum atomic E-state index is 13.0. The molecule has 4 rings (SSSR count). The molecule has 2 atom stereocenters. The van der Waals surface area contributed by atoms with Gasteiger partial charge >= 0.3 is 0 Å². The Labute approximate surface area is 151 Å². The largest absolute Gasteiger partial charge is 0.380 e. The highest BCUT2D eigenvalue weighted by Gasteiger charge is 2.29. The van der Waals surface area contributed by atoms with Gasteiger partial charge < -0.3 is 21.0 Å². The van der Waals surface area contributed by atoms with Crippen LogP contribution >= 0.6 is 0 Å². The molecule has 26 heavy (non-hydrogen) atoms. The molecule has 2 amide bonds. The summed E-state index contributed by atoms with van der Waals surface area (Å²) in [7, 11) is 1.91. The molecule has 0 aromatic heterocycles. The van der Waals surface area contributed by atoms with E-state index in [9.17, 15) is 9.59 Å². The highest BCUT2D eigenvalue weighted by Crippen LogP contribution is 2.32. The van der Waals surface area contributed by atoms with Crippen molar-refractivity contribution >= 4 is 28.9 Å². The van der Waals surface area contributed by atoms with E-state index < -0.39 is 0 Å². The van der Waals surface area contributed by atoms with Crippen LogP contribution in [-0.4, -0.2) is 24.9 Å². The van der Waals surface area contributed by atoms with Gasteiger partial charge in [0.2, 0.25) is 5.91 Å². The van der Waals surface area contributed by atoms with E-state index in [4.69, 9.17) is 0 Å². The predicted octanol–water partition coefficient (Wildman–Crippen LogP) is 2.21. The fraction of sp³-hybridized carbons (Fsp3) is 0.263. The SMILES string of the molecule is CC1CC(=O)Nc2cccc(C(=O)NC3NN(C)c4ccccc43)c2N1. The van der Waals surface area contributed by atoms with Crippen LogP contribution in [0.3, 0.4) is 0 Å². The quantitative estimate of drug-likeness (QED) is 0.667. The molecule has 0 fully saturated rings. The molecule has 2 aliphatic heterocycles. The van der Waals surface area contributed by atoms with Crippen LogP contribution in [0.4, 0.5) is 17.1 Å². The van der Waals surface area contributed by atoms with E-state index in [2.05, 4.69) is 21.4 Å². The first-order valence-electron chi connectivity index (χ1n) is 8.62. The lowest BCUT2D eigenvalue weighted by atomic mass is 10.1. The molecule has 4 N–H and O–H groups in total. The van der Waals surface area contributed by atoms with Gasteiger partial charge in [0.1, 0.15) is 6.17 Å². The highest BCUT2D eigenvalue weighted by molar-refractivity contribution is 6.06. The monoisotopic (exact) mass is 351 g/mol. The fourth-order valence-electron chi connectivity index (χ4n) is 3.47. The molecule has 0 bridgehead atoms. The number of amides is 2. The number of hydrazine groups is 1. The Morgan fingerprint density at radius 2 is 2.00 bits per heavy atom. The summed E-state index contributed by atoms with van der Waals surface area (Å²) in [4.78, 5) is 24.9. The van der Waals surface area contributed by atoms with Crippen LogP contribution in [0.25, 0.3) is 0 Å². The molecule has 134 valence electrons. The average Bonchev–Trinajstić information content (AvgIpc) is 2.83. The Balaban J connectivity index is 1.62. The zero-order chi connectivity index (χ0) is 18.3.